The summed E-state index contributed by atoms with van der Waals surface area (Å²) in [5, 5.41) is 10.8. The molecule has 0 aromatic heterocycles. The highest BCUT2D eigenvalue weighted by atomic mass is 16.1. The molecule has 4 aromatic rings. The highest BCUT2D eigenvalue weighted by Gasteiger charge is 2.37. The van der Waals surface area contributed by atoms with Crippen LogP contribution in [0.5, 0.6) is 0 Å². The van der Waals surface area contributed by atoms with Crippen LogP contribution < -0.4 is 0 Å². The van der Waals surface area contributed by atoms with Crippen molar-refractivity contribution < 1.29 is 9.59 Å². The second-order valence-electron chi connectivity index (χ2n) is 6.42. The Morgan fingerprint density at radius 3 is 0.742 bits per heavy atom. The third-order valence-corrected chi connectivity index (χ3v) is 4.83. The largest absolute Gasteiger partial charge is 0.231 e. The molecule has 0 heterocycles. The maximum absolute atomic E-state index is 8.35. The molecule has 0 saturated carbocycles. The highest BCUT2D eigenvalue weighted by molar-refractivity contribution is 5.59. The van der Waals surface area contributed by atoms with Gasteiger partial charge in [-0.15, -0.1) is 0 Å². The Balaban J connectivity index is 0.000000513. The van der Waals surface area contributed by atoms with Gasteiger partial charge in [0.05, 0.1) is 5.41 Å². The first-order chi connectivity index (χ1) is 15.2. The van der Waals surface area contributed by atoms with Crippen molar-refractivity contribution in [2.75, 3.05) is 0 Å². The van der Waals surface area contributed by atoms with Crippen LogP contribution in [0.1, 0.15) is 22.3 Å². The molecule has 0 spiro atoms. The zero-order valence-corrected chi connectivity index (χ0v) is 16.9. The van der Waals surface area contributed by atoms with Crippen LogP contribution in [0.4, 0.5) is 0 Å². The summed E-state index contributed by atoms with van der Waals surface area (Å²) in [4.78, 5) is 16.7. The van der Waals surface area contributed by atoms with Gasteiger partial charge in [-0.1, -0.05) is 121 Å². The van der Waals surface area contributed by atoms with Gasteiger partial charge in [0.25, 0.3) is 0 Å². The Hall–Kier alpha value is -4.36. The first kappa shape index (κ1) is 22.9. The molecule has 152 valence electrons. The number of benzene rings is 4. The number of hydrogen-bond donors (Lipinski definition) is 2. The van der Waals surface area contributed by atoms with Crippen molar-refractivity contribution in [1.82, 2.24) is 0 Å². The van der Waals surface area contributed by atoms with Crippen LogP contribution >= 0.6 is 0 Å². The Morgan fingerprint density at radius 2 is 0.581 bits per heavy atom. The van der Waals surface area contributed by atoms with E-state index in [2.05, 4.69) is 121 Å². The maximum atomic E-state index is 8.35. The van der Waals surface area contributed by atoms with Gasteiger partial charge in [-0.05, 0) is 22.3 Å². The number of hydrogen-bond acceptors (Lipinski definition) is 4. The predicted octanol–water partition coefficient (Wildman–Crippen LogP) is 5.87. The Morgan fingerprint density at radius 1 is 0.419 bits per heavy atom. The van der Waals surface area contributed by atoms with Gasteiger partial charge in [-0.2, -0.15) is 0 Å². The second kappa shape index (κ2) is 12.3. The Bertz CT molecular complexity index is 926. The summed E-state index contributed by atoms with van der Waals surface area (Å²) in [6.45, 7) is 0. The summed E-state index contributed by atoms with van der Waals surface area (Å²) in [7, 11) is 0. The lowest BCUT2D eigenvalue weighted by Gasteiger charge is -2.36. The van der Waals surface area contributed by atoms with Gasteiger partial charge >= 0.3 is 0 Å². The van der Waals surface area contributed by atoms with Crippen molar-refractivity contribution in [3.8, 4) is 0 Å². The third-order valence-electron chi connectivity index (χ3n) is 4.83. The van der Waals surface area contributed by atoms with E-state index in [1.54, 1.807) is 0 Å². The SMILES string of the molecule is N=C=O.N=C=O.c1ccc(C(c2ccccc2)(c2ccccc2)c2ccccc2)cc1. The molecule has 0 radical (unpaired) electrons. The lowest BCUT2D eigenvalue weighted by atomic mass is 9.65. The number of carbonyl (C=O) groups excluding carboxylic acids is 2. The average Bonchev–Trinajstić information content (AvgIpc) is 2.84. The fourth-order valence-electron chi connectivity index (χ4n) is 3.75. The summed E-state index contributed by atoms with van der Waals surface area (Å²) in [6.07, 6.45) is 1.50. The van der Waals surface area contributed by atoms with Crippen LogP contribution in [-0.2, 0) is 15.0 Å². The summed E-state index contributed by atoms with van der Waals surface area (Å²) < 4.78 is 0. The average molecular weight is 406 g/mol. The summed E-state index contributed by atoms with van der Waals surface area (Å²) >= 11 is 0. The zero-order chi connectivity index (χ0) is 22.4. The van der Waals surface area contributed by atoms with Gasteiger partial charge in [0.15, 0.2) is 0 Å². The molecule has 2 N–H and O–H groups in total. The van der Waals surface area contributed by atoms with Crippen molar-refractivity contribution in [3.05, 3.63) is 144 Å². The summed E-state index contributed by atoms with van der Waals surface area (Å²) in [6, 6.07) is 43.1. The van der Waals surface area contributed by atoms with Gasteiger partial charge < -0.3 is 0 Å². The number of rotatable bonds is 4. The van der Waals surface area contributed by atoms with Gasteiger partial charge in [-0.25, -0.2) is 20.4 Å². The molecule has 31 heavy (non-hydrogen) atoms. The lowest BCUT2D eigenvalue weighted by Crippen LogP contribution is -2.30. The van der Waals surface area contributed by atoms with Crippen molar-refractivity contribution in [1.29, 1.82) is 10.8 Å². The van der Waals surface area contributed by atoms with E-state index in [9.17, 15) is 0 Å². The topological polar surface area (TPSA) is 81.8 Å². The normalized spacial score (nSPS) is 9.55. The molecule has 0 aliphatic heterocycles. The molecule has 0 amide bonds. The van der Waals surface area contributed by atoms with Gasteiger partial charge in [-0.3, -0.25) is 0 Å². The number of isocyanates is 2. The minimum absolute atomic E-state index is 0.328. The second-order valence-corrected chi connectivity index (χ2v) is 6.42. The van der Waals surface area contributed by atoms with Crippen LogP contribution in [0.2, 0.25) is 0 Å². The molecular weight excluding hydrogens is 384 g/mol. The van der Waals surface area contributed by atoms with E-state index in [4.69, 9.17) is 20.4 Å². The van der Waals surface area contributed by atoms with Crippen LogP contribution in [0.15, 0.2) is 121 Å². The fraction of sp³-hybridized carbons (Fsp3) is 0.0370. The van der Waals surface area contributed by atoms with E-state index < -0.39 is 0 Å². The van der Waals surface area contributed by atoms with Gasteiger partial charge in [0.1, 0.15) is 0 Å². The zero-order valence-electron chi connectivity index (χ0n) is 16.9. The van der Waals surface area contributed by atoms with Crippen molar-refractivity contribution >= 4 is 12.2 Å². The minimum atomic E-state index is -0.328. The summed E-state index contributed by atoms with van der Waals surface area (Å²) in [5.74, 6) is 0. The smallest absolute Gasteiger partial charge is 0.222 e. The van der Waals surface area contributed by atoms with E-state index in [-0.39, 0.29) is 5.41 Å². The Labute approximate surface area is 181 Å². The standard InChI is InChI=1S/C25H20.2CHNO/c1-5-13-21(14-6-1)25(22-15-7-2-8-16-22,23-17-9-3-10-18-23)24-19-11-4-12-20-24;2*2-1-3/h1-20H;2*2H. The molecule has 0 unspecified atom stereocenters. The van der Waals surface area contributed by atoms with E-state index in [0.717, 1.165) is 12.2 Å². The van der Waals surface area contributed by atoms with Crippen molar-refractivity contribution in [2.24, 2.45) is 0 Å². The molecular formula is C27H22N2O2. The van der Waals surface area contributed by atoms with E-state index in [1.807, 2.05) is 0 Å². The molecule has 0 atom stereocenters. The monoisotopic (exact) mass is 406 g/mol. The molecule has 0 bridgehead atoms. The quantitative estimate of drug-likeness (QED) is 0.252. The first-order valence-electron chi connectivity index (χ1n) is 9.55. The summed E-state index contributed by atoms with van der Waals surface area (Å²) in [5.41, 5.74) is 4.78. The van der Waals surface area contributed by atoms with Gasteiger partial charge in [0, 0.05) is 0 Å². The molecule has 4 heteroatoms. The van der Waals surface area contributed by atoms with Crippen LogP contribution in [0, 0.1) is 10.8 Å². The highest BCUT2D eigenvalue weighted by Crippen LogP contribution is 2.44. The third kappa shape index (κ3) is 5.37. The predicted molar refractivity (Wildman–Crippen MR) is 122 cm³/mol. The van der Waals surface area contributed by atoms with E-state index >= 15 is 0 Å². The molecule has 0 aliphatic carbocycles. The minimum Gasteiger partial charge on any atom is -0.222 e. The maximum Gasteiger partial charge on any atom is 0.231 e. The van der Waals surface area contributed by atoms with Crippen LogP contribution in [0.3, 0.4) is 0 Å². The van der Waals surface area contributed by atoms with Crippen LogP contribution in [-0.4, -0.2) is 12.2 Å². The molecule has 0 fully saturated rings. The molecule has 4 rings (SSSR count). The molecule has 4 aromatic carbocycles. The Kier molecular flexibility index (Phi) is 9.06. The molecule has 0 saturated heterocycles. The van der Waals surface area contributed by atoms with Crippen molar-refractivity contribution in [3.63, 3.8) is 0 Å². The van der Waals surface area contributed by atoms with Crippen molar-refractivity contribution in [2.45, 2.75) is 5.41 Å². The molecule has 0 aliphatic rings. The molecule has 4 nitrogen and oxygen atoms in total. The van der Waals surface area contributed by atoms with E-state index in [0.29, 0.717) is 0 Å². The fourth-order valence-corrected chi connectivity index (χ4v) is 3.75. The van der Waals surface area contributed by atoms with Gasteiger partial charge in [0.2, 0.25) is 12.2 Å². The van der Waals surface area contributed by atoms with E-state index in [1.165, 1.54) is 22.3 Å². The first-order valence-corrected chi connectivity index (χ1v) is 9.55. The lowest BCUT2D eigenvalue weighted by molar-refractivity contribution is 0.562. The number of nitrogens with one attached hydrogen (secondary N) is 2. The van der Waals surface area contributed by atoms with Crippen LogP contribution in [0.25, 0.3) is 0 Å².